The molecular formula is C11H16ClNO. The molecule has 3 heteroatoms. The normalized spacial score (nSPS) is 10.6. The van der Waals surface area contributed by atoms with Gasteiger partial charge in [-0.2, -0.15) is 0 Å². The zero-order valence-corrected chi connectivity index (χ0v) is 9.64. The molecular weight excluding hydrogens is 198 g/mol. The summed E-state index contributed by atoms with van der Waals surface area (Å²) in [6.45, 7) is 3.53. The molecule has 0 N–H and O–H groups in total. The Balaban J connectivity index is 2.54. The first-order valence-electron chi connectivity index (χ1n) is 4.64. The van der Waals surface area contributed by atoms with Crippen LogP contribution in [-0.2, 0) is 0 Å². The molecule has 0 saturated heterocycles. The van der Waals surface area contributed by atoms with Gasteiger partial charge >= 0.3 is 0 Å². The zero-order chi connectivity index (χ0) is 10.6. The van der Waals surface area contributed by atoms with E-state index in [1.54, 1.807) is 0 Å². The second-order valence-electron chi connectivity index (χ2n) is 3.54. The van der Waals surface area contributed by atoms with Crippen LogP contribution in [0.5, 0.6) is 5.75 Å². The van der Waals surface area contributed by atoms with Crippen LogP contribution in [0.1, 0.15) is 5.56 Å². The third-order valence-corrected chi connectivity index (χ3v) is 2.44. The van der Waals surface area contributed by atoms with Crippen molar-refractivity contribution in [1.29, 1.82) is 0 Å². The van der Waals surface area contributed by atoms with E-state index in [1.165, 1.54) is 0 Å². The van der Waals surface area contributed by atoms with Gasteiger partial charge in [0.15, 0.2) is 0 Å². The Morgan fingerprint density at radius 3 is 2.71 bits per heavy atom. The van der Waals surface area contributed by atoms with E-state index in [0.29, 0.717) is 11.6 Å². The maximum atomic E-state index is 6.07. The van der Waals surface area contributed by atoms with Crippen LogP contribution in [0.15, 0.2) is 18.2 Å². The van der Waals surface area contributed by atoms with E-state index in [-0.39, 0.29) is 0 Å². The lowest BCUT2D eigenvalue weighted by atomic mass is 10.2. The minimum Gasteiger partial charge on any atom is -0.491 e. The molecule has 0 aromatic heterocycles. The summed E-state index contributed by atoms with van der Waals surface area (Å²) in [5, 5.41) is 0.714. The summed E-state index contributed by atoms with van der Waals surface area (Å²) in [4.78, 5) is 2.07. The average molecular weight is 214 g/mol. The first kappa shape index (κ1) is 11.3. The quantitative estimate of drug-likeness (QED) is 0.763. The van der Waals surface area contributed by atoms with Crippen LogP contribution in [0.4, 0.5) is 0 Å². The fourth-order valence-electron chi connectivity index (χ4n) is 1.07. The number of hydrogen-bond donors (Lipinski definition) is 0. The minimum atomic E-state index is 0.663. The molecule has 1 aromatic carbocycles. The van der Waals surface area contributed by atoms with E-state index in [0.717, 1.165) is 17.9 Å². The largest absolute Gasteiger partial charge is 0.491 e. The molecule has 0 heterocycles. The van der Waals surface area contributed by atoms with Crippen LogP contribution in [0.2, 0.25) is 5.02 Å². The molecule has 0 unspecified atom stereocenters. The van der Waals surface area contributed by atoms with E-state index < -0.39 is 0 Å². The first-order chi connectivity index (χ1) is 6.61. The van der Waals surface area contributed by atoms with Gasteiger partial charge in [-0.25, -0.2) is 0 Å². The molecule has 0 aliphatic rings. The summed E-state index contributed by atoms with van der Waals surface area (Å²) in [7, 11) is 4.03. The number of ether oxygens (including phenoxy) is 1. The molecule has 0 fully saturated rings. The fraction of sp³-hybridized carbons (Fsp3) is 0.455. The smallest absolute Gasteiger partial charge is 0.138 e. The Bertz CT molecular complexity index is 299. The van der Waals surface area contributed by atoms with E-state index in [9.17, 15) is 0 Å². The van der Waals surface area contributed by atoms with Crippen molar-refractivity contribution in [3.63, 3.8) is 0 Å². The minimum absolute atomic E-state index is 0.663. The molecule has 0 aliphatic heterocycles. The van der Waals surface area contributed by atoms with E-state index in [1.807, 2.05) is 39.2 Å². The molecule has 0 radical (unpaired) electrons. The number of hydrogen-bond acceptors (Lipinski definition) is 2. The highest BCUT2D eigenvalue weighted by Gasteiger charge is 2.03. The Labute approximate surface area is 90.4 Å². The van der Waals surface area contributed by atoms with E-state index in [4.69, 9.17) is 16.3 Å². The number of nitrogens with zero attached hydrogens (tertiary/aromatic N) is 1. The summed E-state index contributed by atoms with van der Waals surface area (Å²) in [6, 6.07) is 5.82. The van der Waals surface area contributed by atoms with Crippen LogP contribution in [0, 0.1) is 6.92 Å². The van der Waals surface area contributed by atoms with Gasteiger partial charge in [0.05, 0.1) is 5.02 Å². The van der Waals surface area contributed by atoms with E-state index >= 15 is 0 Å². The van der Waals surface area contributed by atoms with Crippen LogP contribution >= 0.6 is 11.6 Å². The lowest BCUT2D eigenvalue weighted by molar-refractivity contribution is 0.261. The molecule has 14 heavy (non-hydrogen) atoms. The van der Waals surface area contributed by atoms with Crippen molar-refractivity contribution in [2.45, 2.75) is 6.92 Å². The van der Waals surface area contributed by atoms with Crippen LogP contribution in [-0.4, -0.2) is 32.1 Å². The van der Waals surface area contributed by atoms with Crippen molar-refractivity contribution in [3.8, 4) is 5.75 Å². The van der Waals surface area contributed by atoms with Gasteiger partial charge in [-0.05, 0) is 32.6 Å². The Kier molecular flexibility index (Phi) is 4.23. The standard InChI is InChI=1S/C11H16ClNO/c1-9-5-4-6-10(11(9)12)14-8-7-13(2)3/h4-6H,7-8H2,1-3H3. The average Bonchev–Trinajstić information content (AvgIpc) is 2.12. The van der Waals surface area contributed by atoms with Gasteiger partial charge in [0.2, 0.25) is 0 Å². The molecule has 0 saturated carbocycles. The molecule has 78 valence electrons. The van der Waals surface area contributed by atoms with Crippen molar-refractivity contribution < 1.29 is 4.74 Å². The van der Waals surface area contributed by atoms with Crippen LogP contribution < -0.4 is 4.74 Å². The SMILES string of the molecule is Cc1cccc(OCCN(C)C)c1Cl. The molecule has 0 amide bonds. The predicted molar refractivity (Wildman–Crippen MR) is 60.2 cm³/mol. The summed E-state index contributed by atoms with van der Waals surface area (Å²) in [5.41, 5.74) is 1.05. The highest BCUT2D eigenvalue weighted by molar-refractivity contribution is 6.32. The third kappa shape index (κ3) is 3.20. The molecule has 2 nitrogen and oxygen atoms in total. The van der Waals surface area contributed by atoms with Gasteiger partial charge in [-0.3, -0.25) is 0 Å². The van der Waals surface area contributed by atoms with Crippen molar-refractivity contribution in [1.82, 2.24) is 4.90 Å². The zero-order valence-electron chi connectivity index (χ0n) is 8.88. The second kappa shape index (κ2) is 5.23. The van der Waals surface area contributed by atoms with Crippen molar-refractivity contribution in [2.75, 3.05) is 27.2 Å². The highest BCUT2D eigenvalue weighted by atomic mass is 35.5. The maximum absolute atomic E-state index is 6.07. The van der Waals surface area contributed by atoms with Crippen LogP contribution in [0.25, 0.3) is 0 Å². The summed E-state index contributed by atoms with van der Waals surface area (Å²) in [5.74, 6) is 0.772. The summed E-state index contributed by atoms with van der Waals surface area (Å²) in [6.07, 6.45) is 0. The Morgan fingerprint density at radius 1 is 1.36 bits per heavy atom. The lowest BCUT2D eigenvalue weighted by Crippen LogP contribution is -2.19. The lowest BCUT2D eigenvalue weighted by Gasteiger charge is -2.12. The van der Waals surface area contributed by atoms with E-state index in [2.05, 4.69) is 4.90 Å². The monoisotopic (exact) mass is 213 g/mol. The third-order valence-electron chi connectivity index (χ3n) is 1.95. The maximum Gasteiger partial charge on any atom is 0.138 e. The summed E-state index contributed by atoms with van der Waals surface area (Å²) >= 11 is 6.07. The van der Waals surface area contributed by atoms with Crippen molar-refractivity contribution in [3.05, 3.63) is 28.8 Å². The van der Waals surface area contributed by atoms with Crippen molar-refractivity contribution >= 4 is 11.6 Å². The van der Waals surface area contributed by atoms with Crippen molar-refractivity contribution in [2.24, 2.45) is 0 Å². The van der Waals surface area contributed by atoms with Gasteiger partial charge in [-0.15, -0.1) is 0 Å². The molecule has 0 aliphatic carbocycles. The molecule has 1 aromatic rings. The van der Waals surface area contributed by atoms with Crippen LogP contribution in [0.3, 0.4) is 0 Å². The van der Waals surface area contributed by atoms with Gasteiger partial charge in [0.25, 0.3) is 0 Å². The first-order valence-corrected chi connectivity index (χ1v) is 5.01. The van der Waals surface area contributed by atoms with Gasteiger partial charge < -0.3 is 9.64 Å². The van der Waals surface area contributed by atoms with Gasteiger partial charge in [-0.1, -0.05) is 23.7 Å². The fourth-order valence-corrected chi connectivity index (χ4v) is 1.25. The highest BCUT2D eigenvalue weighted by Crippen LogP contribution is 2.27. The van der Waals surface area contributed by atoms with Gasteiger partial charge in [0.1, 0.15) is 12.4 Å². The summed E-state index contributed by atoms with van der Waals surface area (Å²) < 4.78 is 5.55. The molecule has 0 spiro atoms. The number of likely N-dealkylation sites (N-methyl/N-ethyl adjacent to an activating group) is 1. The molecule has 0 bridgehead atoms. The predicted octanol–water partition coefficient (Wildman–Crippen LogP) is 2.59. The second-order valence-corrected chi connectivity index (χ2v) is 3.92. The number of rotatable bonds is 4. The van der Waals surface area contributed by atoms with Gasteiger partial charge in [0, 0.05) is 6.54 Å². The topological polar surface area (TPSA) is 12.5 Å². The Hall–Kier alpha value is -0.730. The number of benzene rings is 1. The molecule has 0 atom stereocenters. The Morgan fingerprint density at radius 2 is 2.07 bits per heavy atom. The molecule has 1 rings (SSSR count). The number of halogens is 1. The number of aryl methyl sites for hydroxylation is 1.